The SMILES string of the molecule is CC(CCC1CCCCC1)NC(=O)[C@@H]1CC[C@H](CN)O1. The molecule has 116 valence electrons. The minimum absolute atomic E-state index is 0.0529. The van der Waals surface area contributed by atoms with E-state index in [0.29, 0.717) is 6.54 Å². The van der Waals surface area contributed by atoms with E-state index in [1.807, 2.05) is 0 Å². The van der Waals surface area contributed by atoms with E-state index in [2.05, 4.69) is 12.2 Å². The first-order chi connectivity index (χ1) is 9.69. The standard InChI is InChI=1S/C16H30N2O2/c1-12(7-8-13-5-3-2-4-6-13)18-16(19)15-10-9-14(11-17)20-15/h12-15H,2-11,17H2,1H3,(H,18,19)/t12?,14-,15+/m1/s1. The van der Waals surface area contributed by atoms with Crippen LogP contribution in [0.25, 0.3) is 0 Å². The Bertz CT molecular complexity index is 303. The number of ether oxygens (including phenoxy) is 1. The van der Waals surface area contributed by atoms with Gasteiger partial charge in [-0.3, -0.25) is 4.79 Å². The first kappa shape index (κ1) is 15.8. The molecule has 1 heterocycles. The second-order valence-electron chi connectivity index (χ2n) is 6.55. The number of hydrogen-bond donors (Lipinski definition) is 2. The van der Waals surface area contributed by atoms with Crippen molar-refractivity contribution in [2.24, 2.45) is 11.7 Å². The highest BCUT2D eigenvalue weighted by Crippen LogP contribution is 2.27. The van der Waals surface area contributed by atoms with Crippen molar-refractivity contribution in [2.75, 3.05) is 6.54 Å². The number of amides is 1. The fourth-order valence-electron chi connectivity index (χ4n) is 3.44. The van der Waals surface area contributed by atoms with Crippen molar-refractivity contribution in [1.82, 2.24) is 5.32 Å². The van der Waals surface area contributed by atoms with Crippen LogP contribution in [0.2, 0.25) is 0 Å². The van der Waals surface area contributed by atoms with E-state index in [0.717, 1.165) is 25.2 Å². The fourth-order valence-corrected chi connectivity index (χ4v) is 3.44. The lowest BCUT2D eigenvalue weighted by Crippen LogP contribution is -2.40. The number of rotatable bonds is 6. The van der Waals surface area contributed by atoms with E-state index in [1.165, 1.54) is 38.5 Å². The third kappa shape index (κ3) is 4.74. The molecule has 0 aromatic rings. The van der Waals surface area contributed by atoms with Crippen LogP contribution in [-0.4, -0.2) is 30.7 Å². The molecule has 0 aromatic heterocycles. The summed E-state index contributed by atoms with van der Waals surface area (Å²) in [5.41, 5.74) is 5.57. The molecule has 1 aliphatic carbocycles. The molecule has 3 atom stereocenters. The molecule has 1 saturated heterocycles. The Morgan fingerprint density at radius 3 is 2.65 bits per heavy atom. The maximum Gasteiger partial charge on any atom is 0.249 e. The van der Waals surface area contributed by atoms with Crippen LogP contribution in [0.4, 0.5) is 0 Å². The summed E-state index contributed by atoms with van der Waals surface area (Å²) in [5, 5.41) is 3.10. The first-order valence-corrected chi connectivity index (χ1v) is 8.35. The molecule has 3 N–H and O–H groups in total. The van der Waals surface area contributed by atoms with Gasteiger partial charge in [-0.1, -0.05) is 32.1 Å². The van der Waals surface area contributed by atoms with Crippen molar-refractivity contribution in [3.05, 3.63) is 0 Å². The normalized spacial score (nSPS) is 29.3. The van der Waals surface area contributed by atoms with E-state index in [-0.39, 0.29) is 24.2 Å². The van der Waals surface area contributed by atoms with Crippen molar-refractivity contribution in [1.29, 1.82) is 0 Å². The van der Waals surface area contributed by atoms with Gasteiger partial charge in [-0.2, -0.15) is 0 Å². The minimum atomic E-state index is -0.277. The molecule has 0 aromatic carbocycles. The van der Waals surface area contributed by atoms with Gasteiger partial charge < -0.3 is 15.8 Å². The van der Waals surface area contributed by atoms with Gasteiger partial charge >= 0.3 is 0 Å². The molecule has 2 aliphatic rings. The summed E-state index contributed by atoms with van der Waals surface area (Å²) >= 11 is 0. The van der Waals surface area contributed by atoms with Crippen molar-refractivity contribution in [3.8, 4) is 0 Å². The van der Waals surface area contributed by atoms with Crippen molar-refractivity contribution >= 4 is 5.91 Å². The molecule has 0 bridgehead atoms. The molecule has 1 saturated carbocycles. The molecule has 0 spiro atoms. The van der Waals surface area contributed by atoms with Crippen LogP contribution >= 0.6 is 0 Å². The fraction of sp³-hybridized carbons (Fsp3) is 0.938. The van der Waals surface area contributed by atoms with Crippen LogP contribution in [0.5, 0.6) is 0 Å². The Morgan fingerprint density at radius 1 is 1.25 bits per heavy atom. The van der Waals surface area contributed by atoms with E-state index in [1.54, 1.807) is 0 Å². The predicted octanol–water partition coefficient (Wildman–Crippen LogP) is 2.36. The monoisotopic (exact) mass is 282 g/mol. The maximum atomic E-state index is 12.1. The lowest BCUT2D eigenvalue weighted by Gasteiger charge is -2.24. The van der Waals surface area contributed by atoms with Gasteiger partial charge in [-0.15, -0.1) is 0 Å². The molecular formula is C16H30N2O2. The Hall–Kier alpha value is -0.610. The van der Waals surface area contributed by atoms with Gasteiger partial charge in [0.25, 0.3) is 0 Å². The highest BCUT2D eigenvalue weighted by molar-refractivity contribution is 5.81. The van der Waals surface area contributed by atoms with Gasteiger partial charge in [0.15, 0.2) is 0 Å². The highest BCUT2D eigenvalue weighted by Gasteiger charge is 2.30. The summed E-state index contributed by atoms with van der Waals surface area (Å²) < 4.78 is 5.63. The number of nitrogens with two attached hydrogens (primary N) is 1. The largest absolute Gasteiger partial charge is 0.364 e. The Morgan fingerprint density at radius 2 is 2.00 bits per heavy atom. The molecule has 2 rings (SSSR count). The summed E-state index contributed by atoms with van der Waals surface area (Å²) in [5.74, 6) is 0.935. The van der Waals surface area contributed by atoms with Crippen LogP contribution < -0.4 is 11.1 Å². The van der Waals surface area contributed by atoms with Crippen LogP contribution in [0.15, 0.2) is 0 Å². The number of hydrogen-bond acceptors (Lipinski definition) is 3. The smallest absolute Gasteiger partial charge is 0.249 e. The summed E-state index contributed by atoms with van der Waals surface area (Å²) in [6.07, 6.45) is 10.8. The lowest BCUT2D eigenvalue weighted by molar-refractivity contribution is -0.132. The molecule has 1 aliphatic heterocycles. The Kier molecular flexibility index (Phi) is 6.30. The third-order valence-corrected chi connectivity index (χ3v) is 4.78. The topological polar surface area (TPSA) is 64.4 Å². The highest BCUT2D eigenvalue weighted by atomic mass is 16.5. The number of nitrogens with one attached hydrogen (secondary N) is 1. The van der Waals surface area contributed by atoms with Crippen LogP contribution in [-0.2, 0) is 9.53 Å². The molecule has 1 amide bonds. The Balaban J connectivity index is 1.63. The molecule has 1 unspecified atom stereocenters. The summed E-state index contributed by atoms with van der Waals surface area (Å²) in [7, 11) is 0. The van der Waals surface area contributed by atoms with Crippen LogP contribution in [0.3, 0.4) is 0 Å². The maximum absolute atomic E-state index is 12.1. The lowest BCUT2D eigenvalue weighted by atomic mass is 9.85. The summed E-state index contributed by atoms with van der Waals surface area (Å²) in [4.78, 5) is 12.1. The number of carbonyl (C=O) groups is 1. The average molecular weight is 282 g/mol. The predicted molar refractivity (Wildman–Crippen MR) is 80.4 cm³/mol. The molecule has 0 radical (unpaired) electrons. The zero-order valence-electron chi connectivity index (χ0n) is 12.8. The van der Waals surface area contributed by atoms with Crippen molar-refractivity contribution < 1.29 is 9.53 Å². The molecule has 4 nitrogen and oxygen atoms in total. The molecule has 20 heavy (non-hydrogen) atoms. The van der Waals surface area contributed by atoms with Gasteiger partial charge in [-0.05, 0) is 38.5 Å². The third-order valence-electron chi connectivity index (χ3n) is 4.78. The Labute approximate surface area is 122 Å². The summed E-state index contributed by atoms with van der Waals surface area (Å²) in [6.45, 7) is 2.62. The molecule has 2 fully saturated rings. The summed E-state index contributed by atoms with van der Waals surface area (Å²) in [6, 6.07) is 0.255. The average Bonchev–Trinajstić information content (AvgIpc) is 2.95. The minimum Gasteiger partial charge on any atom is -0.364 e. The zero-order chi connectivity index (χ0) is 14.4. The van der Waals surface area contributed by atoms with E-state index in [9.17, 15) is 4.79 Å². The first-order valence-electron chi connectivity index (χ1n) is 8.35. The van der Waals surface area contributed by atoms with Crippen molar-refractivity contribution in [3.63, 3.8) is 0 Å². The molecule has 4 heteroatoms. The van der Waals surface area contributed by atoms with Crippen LogP contribution in [0, 0.1) is 5.92 Å². The van der Waals surface area contributed by atoms with E-state index < -0.39 is 0 Å². The van der Waals surface area contributed by atoms with Gasteiger partial charge in [-0.25, -0.2) is 0 Å². The second kappa shape index (κ2) is 7.99. The molecular weight excluding hydrogens is 252 g/mol. The second-order valence-corrected chi connectivity index (χ2v) is 6.55. The van der Waals surface area contributed by atoms with Crippen molar-refractivity contribution in [2.45, 2.75) is 83.0 Å². The van der Waals surface area contributed by atoms with Gasteiger partial charge in [0, 0.05) is 12.6 Å². The van der Waals surface area contributed by atoms with E-state index in [4.69, 9.17) is 10.5 Å². The van der Waals surface area contributed by atoms with Gasteiger partial charge in [0.2, 0.25) is 5.91 Å². The van der Waals surface area contributed by atoms with E-state index >= 15 is 0 Å². The van der Waals surface area contributed by atoms with Crippen LogP contribution in [0.1, 0.15) is 64.7 Å². The number of carbonyl (C=O) groups excluding carboxylic acids is 1. The van der Waals surface area contributed by atoms with Gasteiger partial charge in [0.1, 0.15) is 6.10 Å². The zero-order valence-corrected chi connectivity index (χ0v) is 12.8. The van der Waals surface area contributed by atoms with Gasteiger partial charge in [0.05, 0.1) is 6.10 Å². The quantitative estimate of drug-likeness (QED) is 0.786.